The normalized spacial score (nSPS) is 10.4. The van der Waals surface area contributed by atoms with Crippen LogP contribution in [0.5, 0.6) is 5.75 Å². The molecular weight excluding hydrogens is 352 g/mol. The van der Waals surface area contributed by atoms with Crippen LogP contribution >= 0.6 is 0 Å². The van der Waals surface area contributed by atoms with E-state index in [-0.39, 0.29) is 5.91 Å². The van der Waals surface area contributed by atoms with Crippen molar-refractivity contribution >= 4 is 17.3 Å². The predicted octanol–water partition coefficient (Wildman–Crippen LogP) is 3.72. The predicted molar refractivity (Wildman–Crippen MR) is 111 cm³/mol. The number of amides is 1. The molecule has 28 heavy (non-hydrogen) atoms. The van der Waals surface area contributed by atoms with Gasteiger partial charge in [0.15, 0.2) is 0 Å². The molecule has 0 spiro atoms. The number of aromatic nitrogens is 2. The molecule has 1 amide bonds. The fourth-order valence-electron chi connectivity index (χ4n) is 2.86. The number of anilines is 2. The quantitative estimate of drug-likeness (QED) is 0.681. The first-order valence-corrected chi connectivity index (χ1v) is 9.09. The zero-order valence-electron chi connectivity index (χ0n) is 16.3. The van der Waals surface area contributed by atoms with Crippen molar-refractivity contribution in [1.29, 1.82) is 0 Å². The molecule has 2 heterocycles. The third kappa shape index (κ3) is 4.85. The number of hydrogen-bond donors (Lipinski definition) is 1. The van der Waals surface area contributed by atoms with Crippen molar-refractivity contribution in [3.63, 3.8) is 0 Å². The maximum absolute atomic E-state index is 12.7. The average molecular weight is 376 g/mol. The number of hydrogen-bond acceptors (Lipinski definition) is 5. The van der Waals surface area contributed by atoms with E-state index in [4.69, 9.17) is 4.74 Å². The third-order valence-corrected chi connectivity index (χ3v) is 4.51. The fourth-order valence-corrected chi connectivity index (χ4v) is 2.86. The lowest BCUT2D eigenvalue weighted by Crippen LogP contribution is -2.21. The van der Waals surface area contributed by atoms with Gasteiger partial charge in [-0.1, -0.05) is 6.07 Å². The van der Waals surface area contributed by atoms with Crippen molar-refractivity contribution in [2.75, 3.05) is 30.9 Å². The second kappa shape index (κ2) is 8.99. The number of carbonyl (C=O) groups is 1. The minimum atomic E-state index is -0.270. The first-order chi connectivity index (χ1) is 13.6. The van der Waals surface area contributed by atoms with Crippen molar-refractivity contribution in [2.45, 2.75) is 13.3 Å². The van der Waals surface area contributed by atoms with E-state index in [1.54, 1.807) is 31.8 Å². The van der Waals surface area contributed by atoms with E-state index in [1.807, 2.05) is 50.4 Å². The van der Waals surface area contributed by atoms with Gasteiger partial charge in [0.2, 0.25) is 0 Å². The van der Waals surface area contributed by atoms with Crippen LogP contribution in [0.1, 0.15) is 21.6 Å². The van der Waals surface area contributed by atoms with Gasteiger partial charge in [-0.15, -0.1) is 0 Å². The lowest BCUT2D eigenvalue weighted by Gasteiger charge is -2.19. The van der Waals surface area contributed by atoms with Crippen molar-refractivity contribution in [2.24, 2.45) is 0 Å². The minimum absolute atomic E-state index is 0.270. The van der Waals surface area contributed by atoms with Crippen LogP contribution in [0, 0.1) is 6.92 Å². The van der Waals surface area contributed by atoms with Crippen LogP contribution in [0.3, 0.4) is 0 Å². The molecule has 0 saturated carbocycles. The van der Waals surface area contributed by atoms with Gasteiger partial charge in [-0.2, -0.15) is 0 Å². The van der Waals surface area contributed by atoms with Gasteiger partial charge in [0, 0.05) is 37.9 Å². The van der Waals surface area contributed by atoms with Crippen LogP contribution in [-0.4, -0.2) is 36.6 Å². The lowest BCUT2D eigenvalue weighted by molar-refractivity contribution is 0.102. The number of pyridine rings is 2. The van der Waals surface area contributed by atoms with E-state index < -0.39 is 0 Å². The maximum Gasteiger partial charge on any atom is 0.274 e. The van der Waals surface area contributed by atoms with E-state index in [0.29, 0.717) is 17.1 Å². The Morgan fingerprint density at radius 3 is 2.64 bits per heavy atom. The van der Waals surface area contributed by atoms with Crippen LogP contribution in [-0.2, 0) is 6.42 Å². The molecule has 1 aromatic carbocycles. The lowest BCUT2D eigenvalue weighted by atomic mass is 10.2. The summed E-state index contributed by atoms with van der Waals surface area (Å²) in [4.78, 5) is 23.1. The molecule has 0 fully saturated rings. The average Bonchev–Trinajstić information content (AvgIpc) is 2.73. The molecule has 0 aliphatic carbocycles. The summed E-state index contributed by atoms with van der Waals surface area (Å²) in [7, 11) is 3.58. The summed E-state index contributed by atoms with van der Waals surface area (Å²) in [6, 6.07) is 13.4. The maximum atomic E-state index is 12.7. The summed E-state index contributed by atoms with van der Waals surface area (Å²) in [5, 5.41) is 2.89. The summed E-state index contributed by atoms with van der Waals surface area (Å²) >= 11 is 0. The van der Waals surface area contributed by atoms with Crippen LogP contribution < -0.4 is 15.0 Å². The standard InChI is InChI=1S/C22H24N4O2/c1-16-4-5-21(28-3)19(14-16)25-22(27)20-15-18(8-12-24-20)26(2)13-9-17-6-10-23-11-7-17/h4-8,10-12,14-15H,9,13H2,1-3H3,(H,25,27). The van der Waals surface area contributed by atoms with Gasteiger partial charge in [0.25, 0.3) is 5.91 Å². The van der Waals surface area contributed by atoms with E-state index >= 15 is 0 Å². The third-order valence-electron chi connectivity index (χ3n) is 4.51. The number of ether oxygens (including phenoxy) is 1. The smallest absolute Gasteiger partial charge is 0.274 e. The molecule has 6 heteroatoms. The number of carbonyl (C=O) groups excluding carboxylic acids is 1. The van der Waals surface area contributed by atoms with Crippen LogP contribution in [0.2, 0.25) is 0 Å². The van der Waals surface area contributed by atoms with E-state index in [9.17, 15) is 4.79 Å². The van der Waals surface area contributed by atoms with E-state index in [0.717, 1.165) is 24.2 Å². The van der Waals surface area contributed by atoms with Gasteiger partial charge in [-0.05, 0) is 60.9 Å². The number of nitrogens with one attached hydrogen (secondary N) is 1. The Balaban J connectivity index is 1.70. The second-order valence-electron chi connectivity index (χ2n) is 6.58. The van der Waals surface area contributed by atoms with Crippen molar-refractivity contribution in [1.82, 2.24) is 9.97 Å². The number of rotatable bonds is 7. The topological polar surface area (TPSA) is 67.3 Å². The van der Waals surface area contributed by atoms with Gasteiger partial charge in [0.05, 0.1) is 12.8 Å². The molecule has 0 bridgehead atoms. The highest BCUT2D eigenvalue weighted by Crippen LogP contribution is 2.26. The van der Waals surface area contributed by atoms with Crippen LogP contribution in [0.4, 0.5) is 11.4 Å². The SMILES string of the molecule is COc1ccc(C)cc1NC(=O)c1cc(N(C)CCc2ccncc2)ccn1. The Kier molecular flexibility index (Phi) is 6.22. The molecule has 0 aliphatic rings. The monoisotopic (exact) mass is 376 g/mol. The Hall–Kier alpha value is -3.41. The second-order valence-corrected chi connectivity index (χ2v) is 6.58. The summed E-state index contributed by atoms with van der Waals surface area (Å²) in [6.45, 7) is 2.78. The summed E-state index contributed by atoms with van der Waals surface area (Å²) < 4.78 is 5.33. The highest BCUT2D eigenvalue weighted by Gasteiger charge is 2.13. The number of likely N-dealkylation sites (N-methyl/N-ethyl adjacent to an activating group) is 1. The molecule has 3 rings (SSSR count). The highest BCUT2D eigenvalue weighted by atomic mass is 16.5. The van der Waals surface area contributed by atoms with Crippen molar-refractivity contribution in [3.8, 4) is 5.75 Å². The molecule has 0 atom stereocenters. The minimum Gasteiger partial charge on any atom is -0.495 e. The molecular formula is C22H24N4O2. The zero-order chi connectivity index (χ0) is 19.9. The van der Waals surface area contributed by atoms with Crippen LogP contribution in [0.25, 0.3) is 0 Å². The van der Waals surface area contributed by atoms with Gasteiger partial charge in [0.1, 0.15) is 11.4 Å². The summed E-state index contributed by atoms with van der Waals surface area (Å²) in [5.74, 6) is 0.345. The largest absolute Gasteiger partial charge is 0.495 e. The molecule has 0 aliphatic heterocycles. The molecule has 144 valence electrons. The summed E-state index contributed by atoms with van der Waals surface area (Å²) in [5.41, 5.74) is 4.18. The number of benzene rings is 1. The van der Waals surface area contributed by atoms with Gasteiger partial charge >= 0.3 is 0 Å². The molecule has 1 N–H and O–H groups in total. The number of nitrogens with zero attached hydrogens (tertiary/aromatic N) is 3. The Morgan fingerprint density at radius 1 is 1.11 bits per heavy atom. The highest BCUT2D eigenvalue weighted by molar-refractivity contribution is 6.04. The van der Waals surface area contributed by atoms with Crippen LogP contribution in [0.15, 0.2) is 61.1 Å². The van der Waals surface area contributed by atoms with Gasteiger partial charge in [-0.3, -0.25) is 14.8 Å². The molecule has 0 radical (unpaired) electrons. The summed E-state index contributed by atoms with van der Waals surface area (Å²) in [6.07, 6.45) is 6.14. The zero-order valence-corrected chi connectivity index (χ0v) is 16.3. The molecule has 3 aromatic rings. The first-order valence-electron chi connectivity index (χ1n) is 9.09. The van der Waals surface area contributed by atoms with Gasteiger partial charge < -0.3 is 15.0 Å². The van der Waals surface area contributed by atoms with Gasteiger partial charge in [-0.25, -0.2) is 0 Å². The number of methoxy groups -OCH3 is 1. The molecule has 0 saturated heterocycles. The molecule has 0 unspecified atom stereocenters. The fraction of sp³-hybridized carbons (Fsp3) is 0.227. The molecule has 6 nitrogen and oxygen atoms in total. The first kappa shape index (κ1) is 19.4. The Labute approximate surface area is 165 Å². The molecule has 2 aromatic heterocycles. The van der Waals surface area contributed by atoms with Crippen molar-refractivity contribution < 1.29 is 9.53 Å². The Morgan fingerprint density at radius 2 is 1.89 bits per heavy atom. The Bertz CT molecular complexity index is 944. The number of aryl methyl sites for hydroxylation is 1. The van der Waals surface area contributed by atoms with E-state index in [2.05, 4.69) is 20.2 Å². The van der Waals surface area contributed by atoms with Crippen molar-refractivity contribution in [3.05, 3.63) is 77.9 Å². The van der Waals surface area contributed by atoms with E-state index in [1.165, 1.54) is 5.56 Å².